The van der Waals surface area contributed by atoms with Gasteiger partial charge in [-0.05, 0) is 30.3 Å². The van der Waals surface area contributed by atoms with Crippen molar-refractivity contribution in [2.75, 3.05) is 18.2 Å². The summed E-state index contributed by atoms with van der Waals surface area (Å²) in [4.78, 5) is 29.5. The van der Waals surface area contributed by atoms with E-state index < -0.39 is 0 Å². The van der Waals surface area contributed by atoms with Crippen LogP contribution in [-0.2, 0) is 0 Å². The van der Waals surface area contributed by atoms with Gasteiger partial charge in [-0.3, -0.25) is 9.59 Å². The van der Waals surface area contributed by atoms with Gasteiger partial charge in [0.15, 0.2) is 10.1 Å². The molecule has 1 amide bonds. The maximum absolute atomic E-state index is 12.6. The van der Waals surface area contributed by atoms with Crippen LogP contribution in [0.4, 0.5) is 5.69 Å². The standard InChI is InChI=1S/C23H18N2O3S2/c1-28-20-10-6-5-9-17(20)22(27)24-16-11-12-18-21(13-16)30-23(25-18)29-14-19(26)15-7-3-2-4-8-15/h2-13H,14H2,1H3,(H,24,27). The number of nitrogens with one attached hydrogen (secondary N) is 1. The van der Waals surface area contributed by atoms with Crippen LogP contribution in [0, 0.1) is 0 Å². The van der Waals surface area contributed by atoms with E-state index in [0.29, 0.717) is 28.3 Å². The van der Waals surface area contributed by atoms with Crippen LogP contribution in [0.25, 0.3) is 10.2 Å². The molecule has 0 atom stereocenters. The average Bonchev–Trinajstić information content (AvgIpc) is 3.20. The van der Waals surface area contributed by atoms with Gasteiger partial charge in [-0.2, -0.15) is 0 Å². The van der Waals surface area contributed by atoms with Gasteiger partial charge in [-0.15, -0.1) is 11.3 Å². The predicted octanol–water partition coefficient (Wildman–Crippen LogP) is 5.53. The number of thiazole rings is 1. The number of carbonyl (C=O) groups is 2. The molecule has 30 heavy (non-hydrogen) atoms. The molecule has 0 bridgehead atoms. The number of para-hydroxylation sites is 1. The Labute approximate surface area is 182 Å². The van der Waals surface area contributed by atoms with E-state index >= 15 is 0 Å². The quantitative estimate of drug-likeness (QED) is 0.306. The molecule has 0 saturated heterocycles. The Hall–Kier alpha value is -3.16. The number of benzene rings is 3. The number of methoxy groups -OCH3 is 1. The van der Waals surface area contributed by atoms with Crippen molar-refractivity contribution in [2.24, 2.45) is 0 Å². The lowest BCUT2D eigenvalue weighted by molar-refractivity contribution is 0.101. The summed E-state index contributed by atoms with van der Waals surface area (Å²) in [6.45, 7) is 0. The van der Waals surface area contributed by atoms with Crippen LogP contribution < -0.4 is 10.1 Å². The maximum atomic E-state index is 12.6. The molecule has 7 heteroatoms. The molecule has 1 heterocycles. The molecule has 3 aromatic carbocycles. The Morgan fingerprint density at radius 1 is 1.03 bits per heavy atom. The topological polar surface area (TPSA) is 68.3 Å². The number of amides is 1. The summed E-state index contributed by atoms with van der Waals surface area (Å²) in [5.41, 5.74) is 2.69. The number of Topliss-reactive ketones (excluding diaryl/α,β-unsaturated/α-hetero) is 1. The number of nitrogens with zero attached hydrogens (tertiary/aromatic N) is 1. The highest BCUT2D eigenvalue weighted by molar-refractivity contribution is 8.01. The summed E-state index contributed by atoms with van der Waals surface area (Å²) in [7, 11) is 1.54. The van der Waals surface area contributed by atoms with Crippen LogP contribution in [-0.4, -0.2) is 29.5 Å². The van der Waals surface area contributed by atoms with Crippen LogP contribution in [0.1, 0.15) is 20.7 Å². The van der Waals surface area contributed by atoms with Crippen LogP contribution in [0.5, 0.6) is 5.75 Å². The number of rotatable bonds is 7. The third-order valence-electron chi connectivity index (χ3n) is 4.40. The highest BCUT2D eigenvalue weighted by Gasteiger charge is 2.13. The van der Waals surface area contributed by atoms with Crippen LogP contribution in [0.15, 0.2) is 77.1 Å². The Morgan fingerprint density at radius 2 is 1.80 bits per heavy atom. The van der Waals surface area contributed by atoms with Gasteiger partial charge in [0.05, 0.1) is 28.6 Å². The van der Waals surface area contributed by atoms with Crippen molar-refractivity contribution in [1.29, 1.82) is 0 Å². The first kappa shape index (κ1) is 20.1. The Kier molecular flexibility index (Phi) is 6.11. The lowest BCUT2D eigenvalue weighted by Gasteiger charge is -2.09. The number of carbonyl (C=O) groups excluding carboxylic acids is 2. The molecule has 0 fully saturated rings. The van der Waals surface area contributed by atoms with E-state index in [1.54, 1.807) is 18.2 Å². The van der Waals surface area contributed by atoms with Gasteiger partial charge in [0.1, 0.15) is 5.75 Å². The molecule has 1 N–H and O–H groups in total. The van der Waals surface area contributed by atoms with E-state index in [9.17, 15) is 9.59 Å². The number of hydrogen-bond donors (Lipinski definition) is 1. The minimum atomic E-state index is -0.237. The second-order valence-corrected chi connectivity index (χ2v) is 8.65. The number of ketones is 1. The van der Waals surface area contributed by atoms with Crippen molar-refractivity contribution in [3.05, 3.63) is 83.9 Å². The monoisotopic (exact) mass is 434 g/mol. The van der Waals surface area contributed by atoms with Crippen molar-refractivity contribution in [3.8, 4) is 5.75 Å². The zero-order chi connectivity index (χ0) is 20.9. The van der Waals surface area contributed by atoms with E-state index in [-0.39, 0.29) is 11.7 Å². The molecule has 1 aromatic heterocycles. The third-order valence-corrected chi connectivity index (χ3v) is 6.56. The summed E-state index contributed by atoms with van der Waals surface area (Å²) in [5, 5.41) is 2.91. The summed E-state index contributed by atoms with van der Waals surface area (Å²) in [6, 6.07) is 21.9. The minimum Gasteiger partial charge on any atom is -0.496 e. The van der Waals surface area contributed by atoms with Crippen molar-refractivity contribution < 1.29 is 14.3 Å². The molecule has 0 saturated carbocycles. The second-order valence-electron chi connectivity index (χ2n) is 6.39. The van der Waals surface area contributed by atoms with Crippen LogP contribution in [0.3, 0.4) is 0 Å². The van der Waals surface area contributed by atoms with Crippen molar-refractivity contribution in [2.45, 2.75) is 4.34 Å². The SMILES string of the molecule is COc1ccccc1C(=O)Nc1ccc2nc(SCC(=O)c3ccccc3)sc2c1. The van der Waals surface area contributed by atoms with E-state index in [1.165, 1.54) is 30.2 Å². The molecule has 0 aliphatic carbocycles. The molecule has 0 unspecified atom stereocenters. The lowest BCUT2D eigenvalue weighted by Crippen LogP contribution is -2.12. The number of aromatic nitrogens is 1. The van der Waals surface area contributed by atoms with Gasteiger partial charge in [0, 0.05) is 11.3 Å². The van der Waals surface area contributed by atoms with E-state index in [4.69, 9.17) is 4.74 Å². The van der Waals surface area contributed by atoms with Crippen molar-refractivity contribution in [1.82, 2.24) is 4.98 Å². The summed E-state index contributed by atoms with van der Waals surface area (Å²) < 4.78 is 7.03. The van der Waals surface area contributed by atoms with E-state index in [0.717, 1.165) is 14.6 Å². The first-order valence-corrected chi connectivity index (χ1v) is 11.0. The highest BCUT2D eigenvalue weighted by atomic mass is 32.2. The van der Waals surface area contributed by atoms with E-state index in [2.05, 4.69) is 10.3 Å². The second kappa shape index (κ2) is 9.11. The number of fused-ring (bicyclic) bond motifs is 1. The zero-order valence-corrected chi connectivity index (χ0v) is 17.8. The smallest absolute Gasteiger partial charge is 0.259 e. The van der Waals surface area contributed by atoms with E-state index in [1.807, 2.05) is 54.6 Å². The Morgan fingerprint density at radius 3 is 2.60 bits per heavy atom. The molecular weight excluding hydrogens is 416 g/mol. The normalized spacial score (nSPS) is 10.7. The highest BCUT2D eigenvalue weighted by Crippen LogP contribution is 2.32. The van der Waals surface area contributed by atoms with Gasteiger partial charge in [-0.1, -0.05) is 54.2 Å². The molecule has 150 valence electrons. The molecule has 4 rings (SSSR count). The van der Waals surface area contributed by atoms with Gasteiger partial charge < -0.3 is 10.1 Å². The first-order valence-electron chi connectivity index (χ1n) is 9.20. The maximum Gasteiger partial charge on any atom is 0.259 e. The fourth-order valence-corrected chi connectivity index (χ4v) is 4.91. The van der Waals surface area contributed by atoms with Crippen molar-refractivity contribution in [3.63, 3.8) is 0 Å². The largest absolute Gasteiger partial charge is 0.496 e. The molecule has 4 aromatic rings. The fourth-order valence-electron chi connectivity index (χ4n) is 2.91. The first-order chi connectivity index (χ1) is 14.6. The zero-order valence-electron chi connectivity index (χ0n) is 16.1. The molecule has 0 radical (unpaired) electrons. The van der Waals surface area contributed by atoms with Crippen LogP contribution >= 0.6 is 23.1 Å². The summed E-state index contributed by atoms with van der Waals surface area (Å²) in [5.74, 6) is 0.695. The average molecular weight is 435 g/mol. The van der Waals surface area contributed by atoms with Crippen LogP contribution in [0.2, 0.25) is 0 Å². The lowest BCUT2D eigenvalue weighted by atomic mass is 10.2. The minimum absolute atomic E-state index is 0.0737. The Bertz CT molecular complexity index is 1210. The Balaban J connectivity index is 1.46. The van der Waals surface area contributed by atoms with Gasteiger partial charge in [0.2, 0.25) is 0 Å². The number of hydrogen-bond acceptors (Lipinski definition) is 6. The predicted molar refractivity (Wildman–Crippen MR) is 122 cm³/mol. The van der Waals surface area contributed by atoms with Crippen molar-refractivity contribution >= 4 is 50.7 Å². The number of thioether (sulfide) groups is 1. The summed E-state index contributed by atoms with van der Waals surface area (Å²) in [6.07, 6.45) is 0. The molecule has 0 spiro atoms. The number of ether oxygens (including phenoxy) is 1. The van der Waals surface area contributed by atoms with Gasteiger partial charge in [0.25, 0.3) is 5.91 Å². The third kappa shape index (κ3) is 4.53. The van der Waals surface area contributed by atoms with Gasteiger partial charge >= 0.3 is 0 Å². The van der Waals surface area contributed by atoms with Gasteiger partial charge in [-0.25, -0.2) is 4.98 Å². The number of anilines is 1. The molecule has 0 aliphatic rings. The summed E-state index contributed by atoms with van der Waals surface area (Å²) >= 11 is 2.93. The fraction of sp³-hybridized carbons (Fsp3) is 0.0870. The molecule has 0 aliphatic heterocycles. The molecule has 5 nitrogen and oxygen atoms in total. The molecular formula is C23H18N2O3S2.